The largest absolute Gasteiger partial charge is 0.335 e. The van der Waals surface area contributed by atoms with E-state index < -0.39 is 16.8 Å². The van der Waals surface area contributed by atoms with Crippen molar-refractivity contribution in [3.05, 3.63) is 0 Å². The molecule has 0 aliphatic carbocycles. The van der Waals surface area contributed by atoms with Crippen LogP contribution in [0, 0.1) is 0 Å². The summed E-state index contributed by atoms with van der Waals surface area (Å²) in [5.74, 6) is 0. The zero-order chi connectivity index (χ0) is 11.9. The van der Waals surface area contributed by atoms with Crippen LogP contribution in [-0.2, 0) is 0 Å². The molecule has 0 unspecified atom stereocenters. The smallest absolute Gasteiger partial charge is 0.274 e. The maximum absolute atomic E-state index is 4.03. The van der Waals surface area contributed by atoms with E-state index in [1.165, 1.54) is 24.2 Å². The van der Waals surface area contributed by atoms with Crippen LogP contribution in [0.25, 0.3) is 0 Å². The second-order valence-corrected chi connectivity index (χ2v) is 13.4. The first-order chi connectivity index (χ1) is 7.07. The van der Waals surface area contributed by atoms with Crippen LogP contribution < -0.4 is 14.6 Å². The highest BCUT2D eigenvalue weighted by molar-refractivity contribution is 6.91. The summed E-state index contributed by atoms with van der Waals surface area (Å²) in [4.78, 5) is 7.05. The van der Waals surface area contributed by atoms with Gasteiger partial charge in [0.15, 0.2) is 0 Å². The molecule has 3 N–H and O–H groups in total. The van der Waals surface area contributed by atoms with Crippen LogP contribution in [0.4, 0.5) is 0 Å². The molecule has 0 spiro atoms. The summed E-state index contributed by atoms with van der Waals surface area (Å²) in [6.07, 6.45) is 0. The van der Waals surface area contributed by atoms with E-state index in [1.807, 2.05) is 0 Å². The third-order valence-electron chi connectivity index (χ3n) is 3.89. The van der Waals surface area contributed by atoms with Crippen LogP contribution >= 0.6 is 0 Å². The molecule has 0 atom stereocenters. The van der Waals surface area contributed by atoms with Crippen LogP contribution in [0.1, 0.15) is 27.7 Å². The zero-order valence-corrected chi connectivity index (χ0v) is 13.3. The minimum absolute atomic E-state index is 1.19. The van der Waals surface area contributed by atoms with Crippen molar-refractivity contribution < 1.29 is 0 Å². The third kappa shape index (κ3) is 3.67. The Morgan fingerprint density at radius 1 is 0.733 bits per heavy atom. The van der Waals surface area contributed by atoms with Crippen molar-refractivity contribution in [2.24, 2.45) is 0 Å². The number of nitrogens with one attached hydrogen (secondary N) is 3. The number of hydrogen-bond acceptors (Lipinski definition) is 3. The molecule has 0 aromatic heterocycles. The van der Waals surface area contributed by atoms with Crippen LogP contribution in [-0.4, -0.2) is 30.9 Å². The minimum Gasteiger partial charge on any atom is -0.335 e. The SMILES string of the molecule is CC[Si](CC)(CC)N[Si](CC)(NC)NC. The van der Waals surface area contributed by atoms with Gasteiger partial charge in [0.25, 0.3) is 8.56 Å². The normalized spacial score (nSPS) is 13.2. The highest BCUT2D eigenvalue weighted by Gasteiger charge is 2.38. The first-order valence-corrected chi connectivity index (χ1v) is 11.1. The Morgan fingerprint density at radius 2 is 1.13 bits per heavy atom. The summed E-state index contributed by atoms with van der Waals surface area (Å²) < 4.78 is 4.03. The van der Waals surface area contributed by atoms with Gasteiger partial charge in [-0.25, -0.2) is 0 Å². The fourth-order valence-electron chi connectivity index (χ4n) is 2.16. The van der Waals surface area contributed by atoms with E-state index in [-0.39, 0.29) is 0 Å². The lowest BCUT2D eigenvalue weighted by atomic mass is 10.9. The molecule has 0 aliphatic heterocycles. The molecule has 92 valence electrons. The fourth-order valence-corrected chi connectivity index (χ4v) is 12.1. The molecule has 0 aromatic carbocycles. The van der Waals surface area contributed by atoms with E-state index in [2.05, 4.69) is 56.4 Å². The van der Waals surface area contributed by atoms with Crippen molar-refractivity contribution in [3.8, 4) is 0 Å². The summed E-state index contributed by atoms with van der Waals surface area (Å²) in [5.41, 5.74) is 0. The Kier molecular flexibility index (Phi) is 6.94. The summed E-state index contributed by atoms with van der Waals surface area (Å²) in [6, 6.07) is 5.18. The van der Waals surface area contributed by atoms with Gasteiger partial charge in [0.2, 0.25) is 0 Å². The molecular weight excluding hydrogens is 218 g/mol. The lowest BCUT2D eigenvalue weighted by Gasteiger charge is -2.40. The first-order valence-electron chi connectivity index (χ1n) is 6.24. The predicted octanol–water partition coefficient (Wildman–Crippen LogP) is 1.98. The van der Waals surface area contributed by atoms with Gasteiger partial charge in [-0.2, -0.15) is 0 Å². The van der Waals surface area contributed by atoms with Crippen LogP contribution in [0.2, 0.25) is 24.2 Å². The Bertz CT molecular complexity index is 134. The van der Waals surface area contributed by atoms with Gasteiger partial charge in [-0.3, -0.25) is 0 Å². The highest BCUT2D eigenvalue weighted by atomic mass is 28.4. The molecule has 0 rings (SSSR count). The van der Waals surface area contributed by atoms with Crippen LogP contribution in [0.15, 0.2) is 0 Å². The maximum atomic E-state index is 4.03. The second kappa shape index (κ2) is 6.80. The minimum atomic E-state index is -1.60. The van der Waals surface area contributed by atoms with Crippen molar-refractivity contribution >= 4 is 16.8 Å². The van der Waals surface area contributed by atoms with Crippen molar-refractivity contribution in [3.63, 3.8) is 0 Å². The molecule has 5 heteroatoms. The quantitative estimate of drug-likeness (QED) is 0.574. The van der Waals surface area contributed by atoms with Crippen molar-refractivity contribution in [1.29, 1.82) is 0 Å². The number of hydrogen-bond donors (Lipinski definition) is 3. The van der Waals surface area contributed by atoms with E-state index in [4.69, 9.17) is 0 Å². The molecule has 0 aliphatic rings. The average Bonchev–Trinajstić information content (AvgIpc) is 2.33. The van der Waals surface area contributed by atoms with Crippen molar-refractivity contribution in [2.45, 2.75) is 51.9 Å². The Labute approximate surface area is 97.8 Å². The summed E-state index contributed by atoms with van der Waals surface area (Å²) in [6.45, 7) is 9.29. The van der Waals surface area contributed by atoms with Gasteiger partial charge < -0.3 is 14.6 Å². The third-order valence-corrected chi connectivity index (χ3v) is 14.5. The van der Waals surface area contributed by atoms with Crippen molar-refractivity contribution in [1.82, 2.24) is 14.6 Å². The predicted molar refractivity (Wildman–Crippen MR) is 74.7 cm³/mol. The molecule has 0 saturated carbocycles. The monoisotopic (exact) mass is 247 g/mol. The molecule has 15 heavy (non-hydrogen) atoms. The highest BCUT2D eigenvalue weighted by Crippen LogP contribution is 2.18. The average molecular weight is 248 g/mol. The molecular formula is C10H29N3Si2. The van der Waals surface area contributed by atoms with E-state index >= 15 is 0 Å². The molecule has 0 heterocycles. The van der Waals surface area contributed by atoms with E-state index in [0.717, 1.165) is 0 Å². The van der Waals surface area contributed by atoms with Gasteiger partial charge in [-0.15, -0.1) is 0 Å². The summed E-state index contributed by atoms with van der Waals surface area (Å²) in [5, 5.41) is 0. The topological polar surface area (TPSA) is 36.1 Å². The fraction of sp³-hybridized carbons (Fsp3) is 1.00. The standard InChI is InChI=1S/C10H29N3Si2/c1-7-14(8-2,9-3)13-15(10-4,11-5)12-6/h11-13H,7-10H2,1-6H3. The first kappa shape index (κ1) is 15.3. The van der Waals surface area contributed by atoms with Crippen LogP contribution in [0.3, 0.4) is 0 Å². The lowest BCUT2D eigenvalue weighted by Crippen LogP contribution is -2.76. The molecule has 3 nitrogen and oxygen atoms in total. The molecule has 0 bridgehead atoms. The van der Waals surface area contributed by atoms with Gasteiger partial charge >= 0.3 is 0 Å². The van der Waals surface area contributed by atoms with Crippen LogP contribution in [0.5, 0.6) is 0 Å². The van der Waals surface area contributed by atoms with Gasteiger partial charge in [-0.1, -0.05) is 27.7 Å². The zero-order valence-electron chi connectivity index (χ0n) is 11.3. The molecule has 0 saturated heterocycles. The molecule has 0 fully saturated rings. The Hall–Kier alpha value is 0.314. The Balaban J connectivity index is 4.74. The summed E-state index contributed by atoms with van der Waals surface area (Å²) >= 11 is 0. The second-order valence-electron chi connectivity index (χ2n) is 4.22. The summed E-state index contributed by atoms with van der Waals surface area (Å²) in [7, 11) is 1.33. The van der Waals surface area contributed by atoms with Gasteiger partial charge in [0, 0.05) is 0 Å². The van der Waals surface area contributed by atoms with E-state index in [1.54, 1.807) is 0 Å². The molecule has 0 amide bonds. The van der Waals surface area contributed by atoms with Gasteiger partial charge in [0.1, 0.15) is 8.24 Å². The van der Waals surface area contributed by atoms with Gasteiger partial charge in [-0.05, 0) is 38.3 Å². The number of rotatable bonds is 8. The van der Waals surface area contributed by atoms with E-state index in [0.29, 0.717) is 0 Å². The maximum Gasteiger partial charge on any atom is 0.274 e. The van der Waals surface area contributed by atoms with Crippen molar-refractivity contribution in [2.75, 3.05) is 14.1 Å². The molecule has 0 aromatic rings. The lowest BCUT2D eigenvalue weighted by molar-refractivity contribution is 0.909. The van der Waals surface area contributed by atoms with Gasteiger partial charge in [0.05, 0.1) is 0 Å². The Morgan fingerprint density at radius 3 is 1.33 bits per heavy atom. The van der Waals surface area contributed by atoms with E-state index in [9.17, 15) is 0 Å². The molecule has 0 radical (unpaired) electrons.